The van der Waals surface area contributed by atoms with Gasteiger partial charge in [0.05, 0.1) is 22.9 Å². The van der Waals surface area contributed by atoms with Crippen LogP contribution in [0.1, 0.15) is 41.7 Å². The monoisotopic (exact) mass is 410 g/mol. The molecule has 1 saturated heterocycles. The number of aromatic nitrogens is 5. The number of benzene rings is 1. The van der Waals surface area contributed by atoms with Gasteiger partial charge in [-0.05, 0) is 57.1 Å². The molecular weight excluding hydrogens is 388 g/mol. The molecular formula is C20H22N6S2. The molecule has 0 saturated carbocycles. The second-order valence-corrected chi connectivity index (χ2v) is 8.87. The van der Waals surface area contributed by atoms with Gasteiger partial charge in [0.1, 0.15) is 5.01 Å². The van der Waals surface area contributed by atoms with Crippen molar-refractivity contribution >= 4 is 39.5 Å². The SMILES string of the molecule is Cc1cc(C)n2c(=S)n(CN3CCCC[C@@H]3c3nc4ccccc4s3)nc2n1. The summed E-state index contributed by atoms with van der Waals surface area (Å²) in [6.07, 6.45) is 3.54. The summed E-state index contributed by atoms with van der Waals surface area (Å²) in [5, 5.41) is 5.90. The van der Waals surface area contributed by atoms with Crippen LogP contribution in [0.4, 0.5) is 0 Å². The van der Waals surface area contributed by atoms with Crippen LogP contribution >= 0.6 is 23.6 Å². The fourth-order valence-electron chi connectivity index (χ4n) is 4.07. The van der Waals surface area contributed by atoms with Crippen LogP contribution in [0.5, 0.6) is 0 Å². The van der Waals surface area contributed by atoms with Crippen molar-refractivity contribution in [3.63, 3.8) is 0 Å². The smallest absolute Gasteiger partial charge is 0.254 e. The van der Waals surface area contributed by atoms with Crippen LogP contribution in [0.2, 0.25) is 0 Å². The minimum atomic E-state index is 0.314. The zero-order valence-corrected chi connectivity index (χ0v) is 17.6. The molecule has 0 aliphatic carbocycles. The Hall–Kier alpha value is -2.16. The van der Waals surface area contributed by atoms with Crippen molar-refractivity contribution in [3.8, 4) is 0 Å². The Bertz CT molecular complexity index is 1190. The standard InChI is InChI=1S/C20H22N6S2/c1-13-11-14(2)26-19(21-13)23-25(20(26)27)12-24-10-6-5-8-16(24)18-22-15-7-3-4-9-17(15)28-18/h3-4,7,9,11,16H,5-6,8,10,12H2,1-2H3/t16-/m1/s1. The number of para-hydroxylation sites is 1. The Kier molecular flexibility index (Phi) is 4.49. The summed E-state index contributed by atoms with van der Waals surface area (Å²) in [6.45, 7) is 5.74. The summed E-state index contributed by atoms with van der Waals surface area (Å²) in [5.41, 5.74) is 3.12. The largest absolute Gasteiger partial charge is 0.275 e. The van der Waals surface area contributed by atoms with E-state index in [9.17, 15) is 0 Å². The van der Waals surface area contributed by atoms with Crippen molar-refractivity contribution in [1.82, 2.24) is 29.0 Å². The van der Waals surface area contributed by atoms with Crippen LogP contribution in [0.3, 0.4) is 0 Å². The maximum absolute atomic E-state index is 5.72. The second-order valence-electron chi connectivity index (χ2n) is 7.44. The van der Waals surface area contributed by atoms with E-state index in [-0.39, 0.29) is 0 Å². The van der Waals surface area contributed by atoms with E-state index in [4.69, 9.17) is 22.3 Å². The molecule has 0 N–H and O–H groups in total. The first-order chi connectivity index (χ1) is 13.6. The molecule has 3 aromatic heterocycles. The molecule has 28 heavy (non-hydrogen) atoms. The predicted octanol–water partition coefficient (Wildman–Crippen LogP) is 4.67. The fourth-order valence-corrected chi connectivity index (χ4v) is 5.53. The molecule has 0 amide bonds. The maximum atomic E-state index is 5.72. The van der Waals surface area contributed by atoms with E-state index in [1.54, 1.807) is 11.3 Å². The lowest BCUT2D eigenvalue weighted by molar-refractivity contribution is 0.103. The van der Waals surface area contributed by atoms with Gasteiger partial charge in [-0.15, -0.1) is 16.4 Å². The first kappa shape index (κ1) is 17.9. The minimum absolute atomic E-state index is 0.314. The topological polar surface area (TPSA) is 51.2 Å². The van der Waals surface area contributed by atoms with Gasteiger partial charge >= 0.3 is 0 Å². The normalized spacial score (nSPS) is 18.3. The summed E-state index contributed by atoms with van der Waals surface area (Å²) < 4.78 is 5.82. The summed E-state index contributed by atoms with van der Waals surface area (Å²) in [6, 6.07) is 10.7. The zero-order valence-electron chi connectivity index (χ0n) is 16.0. The Morgan fingerprint density at radius 1 is 1.18 bits per heavy atom. The molecule has 0 spiro atoms. The first-order valence-corrected chi connectivity index (χ1v) is 10.9. The van der Waals surface area contributed by atoms with Crippen molar-refractivity contribution in [1.29, 1.82) is 0 Å². The van der Waals surface area contributed by atoms with Gasteiger partial charge < -0.3 is 0 Å². The Balaban J connectivity index is 1.51. The molecule has 5 rings (SSSR count). The zero-order chi connectivity index (χ0) is 19.3. The van der Waals surface area contributed by atoms with Crippen LogP contribution < -0.4 is 0 Å². The number of piperidine rings is 1. The van der Waals surface area contributed by atoms with Gasteiger partial charge in [0.15, 0.2) is 0 Å². The highest BCUT2D eigenvalue weighted by atomic mass is 32.1. The highest BCUT2D eigenvalue weighted by molar-refractivity contribution is 7.71. The molecule has 1 fully saturated rings. The van der Waals surface area contributed by atoms with Crippen molar-refractivity contribution in [3.05, 3.63) is 51.5 Å². The number of likely N-dealkylation sites (tertiary alicyclic amines) is 1. The van der Waals surface area contributed by atoms with E-state index in [0.29, 0.717) is 23.3 Å². The van der Waals surface area contributed by atoms with Gasteiger partial charge in [-0.3, -0.25) is 9.30 Å². The van der Waals surface area contributed by atoms with Gasteiger partial charge in [0, 0.05) is 17.9 Å². The van der Waals surface area contributed by atoms with E-state index in [2.05, 4.69) is 34.1 Å². The molecule has 6 nitrogen and oxygen atoms in total. The van der Waals surface area contributed by atoms with Crippen molar-refractivity contribution in [2.45, 2.75) is 45.8 Å². The molecule has 4 heterocycles. The average Bonchev–Trinajstić information content (AvgIpc) is 3.23. The summed E-state index contributed by atoms with van der Waals surface area (Å²) in [7, 11) is 0. The summed E-state index contributed by atoms with van der Waals surface area (Å²) in [5.74, 6) is 0.677. The van der Waals surface area contributed by atoms with Crippen LogP contribution in [-0.4, -0.2) is 35.6 Å². The van der Waals surface area contributed by atoms with Gasteiger partial charge in [0.2, 0.25) is 4.77 Å². The van der Waals surface area contributed by atoms with Crippen molar-refractivity contribution in [2.75, 3.05) is 6.54 Å². The van der Waals surface area contributed by atoms with Gasteiger partial charge in [-0.1, -0.05) is 18.6 Å². The highest BCUT2D eigenvalue weighted by Crippen LogP contribution is 2.35. The fraction of sp³-hybridized carbons (Fsp3) is 0.400. The van der Waals surface area contributed by atoms with Gasteiger partial charge in [-0.25, -0.2) is 14.6 Å². The van der Waals surface area contributed by atoms with E-state index < -0.39 is 0 Å². The van der Waals surface area contributed by atoms with Crippen LogP contribution in [0, 0.1) is 18.6 Å². The van der Waals surface area contributed by atoms with Crippen LogP contribution in [0.25, 0.3) is 16.0 Å². The number of hydrogen-bond acceptors (Lipinski definition) is 6. The minimum Gasteiger partial charge on any atom is -0.275 e. The summed E-state index contributed by atoms with van der Waals surface area (Å²) in [4.78, 5) is 11.9. The van der Waals surface area contributed by atoms with E-state index in [1.165, 1.54) is 22.5 Å². The third kappa shape index (κ3) is 3.05. The van der Waals surface area contributed by atoms with Crippen LogP contribution in [0.15, 0.2) is 30.3 Å². The number of nitrogens with zero attached hydrogens (tertiary/aromatic N) is 6. The van der Waals surface area contributed by atoms with Crippen LogP contribution in [-0.2, 0) is 6.67 Å². The molecule has 1 aliphatic rings. The number of hydrogen-bond donors (Lipinski definition) is 0. The average molecular weight is 411 g/mol. The lowest BCUT2D eigenvalue weighted by Gasteiger charge is -2.33. The number of aryl methyl sites for hydroxylation is 2. The molecule has 144 valence electrons. The number of thiazole rings is 1. The van der Waals surface area contributed by atoms with E-state index in [1.807, 2.05) is 29.0 Å². The molecule has 1 aromatic carbocycles. The molecule has 4 aromatic rings. The predicted molar refractivity (Wildman–Crippen MR) is 114 cm³/mol. The molecule has 1 aliphatic heterocycles. The maximum Gasteiger partial charge on any atom is 0.254 e. The Morgan fingerprint density at radius 3 is 2.89 bits per heavy atom. The lowest BCUT2D eigenvalue weighted by Crippen LogP contribution is -2.35. The third-order valence-electron chi connectivity index (χ3n) is 5.39. The number of fused-ring (bicyclic) bond motifs is 2. The molecule has 8 heteroatoms. The molecule has 1 atom stereocenters. The van der Waals surface area contributed by atoms with Crippen molar-refractivity contribution < 1.29 is 0 Å². The van der Waals surface area contributed by atoms with Crippen molar-refractivity contribution in [2.24, 2.45) is 0 Å². The van der Waals surface area contributed by atoms with Gasteiger partial charge in [0.25, 0.3) is 5.78 Å². The van der Waals surface area contributed by atoms with E-state index in [0.717, 1.165) is 29.9 Å². The molecule has 0 radical (unpaired) electrons. The van der Waals surface area contributed by atoms with E-state index >= 15 is 0 Å². The quantitative estimate of drug-likeness (QED) is 0.459. The Labute approximate surface area is 172 Å². The highest BCUT2D eigenvalue weighted by Gasteiger charge is 2.27. The molecule has 0 unspecified atom stereocenters. The second kappa shape index (κ2) is 7.02. The Morgan fingerprint density at radius 2 is 2.04 bits per heavy atom. The lowest BCUT2D eigenvalue weighted by atomic mass is 10.0. The van der Waals surface area contributed by atoms with Gasteiger partial charge in [-0.2, -0.15) is 0 Å². The third-order valence-corrected chi connectivity index (χ3v) is 6.92. The molecule has 0 bridgehead atoms. The first-order valence-electron chi connectivity index (χ1n) is 9.63. The summed E-state index contributed by atoms with van der Waals surface area (Å²) >= 11 is 7.52. The number of rotatable bonds is 3.